The highest BCUT2D eigenvalue weighted by molar-refractivity contribution is 7.98. The van der Waals surface area contributed by atoms with E-state index in [-0.39, 0.29) is 11.4 Å². The van der Waals surface area contributed by atoms with E-state index >= 15 is 0 Å². The minimum atomic E-state index is -1.68. The summed E-state index contributed by atoms with van der Waals surface area (Å²) >= 11 is 1.25. The molecule has 0 radical (unpaired) electrons. The Morgan fingerprint density at radius 3 is 2.45 bits per heavy atom. The molecular formula is C20H13F3N6OS. The van der Waals surface area contributed by atoms with Gasteiger partial charge in [0.2, 0.25) is 0 Å². The fraction of sp³-hybridized carbons (Fsp3) is 0.0500. The number of amides is 1. The summed E-state index contributed by atoms with van der Waals surface area (Å²) in [6.45, 7) is 0. The normalized spacial score (nSPS) is 10.8. The number of carbonyl (C=O) groups is 1. The summed E-state index contributed by atoms with van der Waals surface area (Å²) in [4.78, 5) is 21.0. The van der Waals surface area contributed by atoms with Crippen LogP contribution < -0.4 is 5.32 Å². The predicted octanol–water partition coefficient (Wildman–Crippen LogP) is 4.02. The van der Waals surface area contributed by atoms with E-state index in [0.717, 1.165) is 12.1 Å². The van der Waals surface area contributed by atoms with Crippen molar-refractivity contribution in [3.05, 3.63) is 89.8 Å². The molecule has 0 atom stereocenters. The zero-order valence-corrected chi connectivity index (χ0v) is 16.5. The van der Waals surface area contributed by atoms with Gasteiger partial charge in [0.25, 0.3) is 5.91 Å². The van der Waals surface area contributed by atoms with Gasteiger partial charge < -0.3 is 5.32 Å². The van der Waals surface area contributed by atoms with E-state index < -0.39 is 29.0 Å². The number of carbonyl (C=O) groups excluding carboxylic acids is 1. The maximum Gasteiger partial charge on any atom is 0.278 e. The van der Waals surface area contributed by atoms with E-state index in [2.05, 4.69) is 25.6 Å². The Hall–Kier alpha value is -3.73. The van der Waals surface area contributed by atoms with Crippen LogP contribution in [0.25, 0.3) is 5.69 Å². The van der Waals surface area contributed by atoms with E-state index in [0.29, 0.717) is 16.5 Å². The SMILES string of the molecule is O=C(Nc1ccc(F)c(F)c1F)c1nnn(-c2ccccc2)c1CSc1ncccn1. The molecule has 0 bridgehead atoms. The molecule has 2 aromatic heterocycles. The van der Waals surface area contributed by atoms with Gasteiger partial charge in [0, 0.05) is 18.1 Å². The number of rotatable bonds is 6. The van der Waals surface area contributed by atoms with Gasteiger partial charge in [-0.3, -0.25) is 4.79 Å². The Labute approximate surface area is 178 Å². The zero-order valence-electron chi connectivity index (χ0n) is 15.7. The Morgan fingerprint density at radius 2 is 1.71 bits per heavy atom. The zero-order chi connectivity index (χ0) is 21.8. The largest absolute Gasteiger partial charge is 0.318 e. The monoisotopic (exact) mass is 442 g/mol. The van der Waals surface area contributed by atoms with Crippen molar-refractivity contribution in [3.8, 4) is 5.69 Å². The Bertz CT molecular complexity index is 1220. The molecule has 11 heteroatoms. The average molecular weight is 442 g/mol. The highest BCUT2D eigenvalue weighted by Gasteiger charge is 2.23. The number of hydrogen-bond donors (Lipinski definition) is 1. The minimum Gasteiger partial charge on any atom is -0.318 e. The third-order valence-electron chi connectivity index (χ3n) is 4.14. The first-order chi connectivity index (χ1) is 15.0. The first-order valence-electron chi connectivity index (χ1n) is 8.89. The highest BCUT2D eigenvalue weighted by Crippen LogP contribution is 2.24. The maximum absolute atomic E-state index is 14.0. The molecule has 2 aromatic carbocycles. The second-order valence-electron chi connectivity index (χ2n) is 6.13. The summed E-state index contributed by atoms with van der Waals surface area (Å²) in [5.74, 6) is -5.14. The van der Waals surface area contributed by atoms with E-state index in [1.165, 1.54) is 16.4 Å². The van der Waals surface area contributed by atoms with Crippen LogP contribution in [0.5, 0.6) is 0 Å². The minimum absolute atomic E-state index is 0.101. The van der Waals surface area contributed by atoms with Gasteiger partial charge in [0.1, 0.15) is 0 Å². The first-order valence-corrected chi connectivity index (χ1v) is 9.88. The molecule has 1 amide bonds. The lowest BCUT2D eigenvalue weighted by molar-refractivity contribution is 0.102. The molecule has 0 aliphatic rings. The van der Waals surface area contributed by atoms with E-state index in [1.54, 1.807) is 42.7 Å². The molecule has 0 aliphatic carbocycles. The summed E-state index contributed by atoms with van der Waals surface area (Å²) in [5.41, 5.74) is 0.432. The molecular weight excluding hydrogens is 429 g/mol. The van der Waals surface area contributed by atoms with Crippen LogP contribution in [0.15, 0.2) is 66.1 Å². The molecule has 0 spiro atoms. The number of para-hydroxylation sites is 1. The van der Waals surface area contributed by atoms with Crippen LogP contribution in [0.1, 0.15) is 16.2 Å². The van der Waals surface area contributed by atoms with Crippen LogP contribution in [0.3, 0.4) is 0 Å². The van der Waals surface area contributed by atoms with Crippen molar-refractivity contribution in [2.24, 2.45) is 0 Å². The molecule has 0 unspecified atom stereocenters. The fourth-order valence-electron chi connectivity index (χ4n) is 2.68. The van der Waals surface area contributed by atoms with Crippen molar-refractivity contribution in [3.63, 3.8) is 0 Å². The molecule has 4 aromatic rings. The molecule has 0 saturated heterocycles. The quantitative estimate of drug-likeness (QED) is 0.276. The van der Waals surface area contributed by atoms with Crippen LogP contribution in [-0.2, 0) is 5.75 Å². The lowest BCUT2D eigenvalue weighted by Crippen LogP contribution is -2.17. The lowest BCUT2D eigenvalue weighted by atomic mass is 10.2. The van der Waals surface area contributed by atoms with Gasteiger partial charge in [-0.25, -0.2) is 27.8 Å². The van der Waals surface area contributed by atoms with Gasteiger partial charge in [0.15, 0.2) is 28.3 Å². The molecule has 0 fully saturated rings. The van der Waals surface area contributed by atoms with E-state index in [9.17, 15) is 18.0 Å². The molecule has 1 N–H and O–H groups in total. The highest BCUT2D eigenvalue weighted by atomic mass is 32.2. The fourth-order valence-corrected chi connectivity index (χ4v) is 3.48. The third kappa shape index (κ3) is 4.40. The number of halogens is 3. The van der Waals surface area contributed by atoms with Gasteiger partial charge >= 0.3 is 0 Å². The second kappa shape index (κ2) is 8.96. The number of anilines is 1. The second-order valence-corrected chi connectivity index (χ2v) is 7.07. The van der Waals surface area contributed by atoms with Gasteiger partial charge in [-0.1, -0.05) is 35.2 Å². The summed E-state index contributed by atoms with van der Waals surface area (Å²) in [5, 5.41) is 10.7. The molecule has 4 rings (SSSR count). The molecule has 31 heavy (non-hydrogen) atoms. The number of nitrogens with zero attached hydrogens (tertiary/aromatic N) is 5. The Kier molecular flexibility index (Phi) is 5.94. The summed E-state index contributed by atoms with van der Waals surface area (Å²) in [7, 11) is 0. The number of hydrogen-bond acceptors (Lipinski definition) is 6. The van der Waals surface area contributed by atoms with Crippen molar-refractivity contribution >= 4 is 23.4 Å². The van der Waals surface area contributed by atoms with E-state index in [1.807, 2.05) is 6.07 Å². The van der Waals surface area contributed by atoms with Crippen molar-refractivity contribution < 1.29 is 18.0 Å². The molecule has 0 aliphatic heterocycles. The number of thioether (sulfide) groups is 1. The molecule has 156 valence electrons. The molecule has 7 nitrogen and oxygen atoms in total. The number of benzene rings is 2. The standard InChI is InChI=1S/C20H13F3N6OS/c21-13-7-8-14(17(23)16(13)22)26-19(30)18-15(11-31-20-24-9-4-10-25-20)29(28-27-18)12-5-2-1-3-6-12/h1-10H,11H2,(H,26,30). The Balaban J connectivity index is 1.67. The topological polar surface area (TPSA) is 85.6 Å². The lowest BCUT2D eigenvalue weighted by Gasteiger charge is -2.09. The summed E-state index contributed by atoms with van der Waals surface area (Å²) in [6.07, 6.45) is 3.17. The smallest absolute Gasteiger partial charge is 0.278 e. The van der Waals surface area contributed by atoms with Crippen LogP contribution in [0.4, 0.5) is 18.9 Å². The summed E-state index contributed by atoms with van der Waals surface area (Å²) < 4.78 is 42.1. The van der Waals surface area contributed by atoms with Crippen LogP contribution in [0, 0.1) is 17.5 Å². The van der Waals surface area contributed by atoms with Crippen LogP contribution in [0.2, 0.25) is 0 Å². The number of nitrogens with one attached hydrogen (secondary N) is 1. The van der Waals surface area contributed by atoms with Crippen LogP contribution >= 0.6 is 11.8 Å². The predicted molar refractivity (Wildman–Crippen MR) is 107 cm³/mol. The van der Waals surface area contributed by atoms with Gasteiger partial charge in [-0.05, 0) is 30.3 Å². The molecule has 2 heterocycles. The van der Waals surface area contributed by atoms with Crippen molar-refractivity contribution in [2.45, 2.75) is 10.9 Å². The molecule has 0 saturated carbocycles. The number of aromatic nitrogens is 5. The van der Waals surface area contributed by atoms with Gasteiger partial charge in [-0.15, -0.1) is 5.10 Å². The summed E-state index contributed by atoms with van der Waals surface area (Å²) in [6, 6.07) is 12.3. The van der Waals surface area contributed by atoms with Crippen molar-refractivity contribution in [1.29, 1.82) is 0 Å². The van der Waals surface area contributed by atoms with Crippen molar-refractivity contribution in [1.82, 2.24) is 25.0 Å². The third-order valence-corrected chi connectivity index (χ3v) is 5.03. The average Bonchev–Trinajstić information content (AvgIpc) is 3.23. The van der Waals surface area contributed by atoms with Crippen LogP contribution in [-0.4, -0.2) is 30.9 Å². The van der Waals surface area contributed by atoms with Gasteiger partial charge in [0.05, 0.1) is 17.1 Å². The first kappa shape index (κ1) is 20.5. The van der Waals surface area contributed by atoms with E-state index in [4.69, 9.17) is 0 Å². The van der Waals surface area contributed by atoms with Crippen molar-refractivity contribution in [2.75, 3.05) is 5.32 Å². The van der Waals surface area contributed by atoms with Gasteiger partial charge in [-0.2, -0.15) is 0 Å². The Morgan fingerprint density at radius 1 is 0.968 bits per heavy atom. The maximum atomic E-state index is 14.0.